The Bertz CT molecular complexity index is 370. The summed E-state index contributed by atoms with van der Waals surface area (Å²) in [6.45, 7) is 8.88. The molecule has 0 saturated carbocycles. The average Bonchev–Trinajstić information content (AvgIpc) is 2.28. The smallest absolute Gasteiger partial charge is 0.221 e. The summed E-state index contributed by atoms with van der Waals surface area (Å²) in [5, 5.41) is 6.23. The van der Waals surface area contributed by atoms with Gasteiger partial charge in [0.05, 0.1) is 11.7 Å². The van der Waals surface area contributed by atoms with E-state index in [4.69, 9.17) is 0 Å². The van der Waals surface area contributed by atoms with Gasteiger partial charge in [-0.2, -0.15) is 0 Å². The lowest BCUT2D eigenvalue weighted by Gasteiger charge is -2.20. The third-order valence-corrected chi connectivity index (χ3v) is 2.52. The van der Waals surface area contributed by atoms with E-state index in [9.17, 15) is 4.79 Å². The van der Waals surface area contributed by atoms with E-state index in [1.807, 2.05) is 25.1 Å². The molecule has 0 aliphatic rings. The first kappa shape index (κ1) is 14.6. The van der Waals surface area contributed by atoms with E-state index >= 15 is 0 Å². The molecular formula is C14H23N3O. The summed E-state index contributed by atoms with van der Waals surface area (Å²) in [4.78, 5) is 16.0. The van der Waals surface area contributed by atoms with Crippen molar-refractivity contribution in [1.29, 1.82) is 0 Å². The van der Waals surface area contributed by atoms with Gasteiger partial charge in [-0.25, -0.2) is 0 Å². The number of amides is 1. The summed E-state index contributed by atoms with van der Waals surface area (Å²) in [6, 6.07) is 5.66. The number of aromatic nitrogens is 1. The van der Waals surface area contributed by atoms with Crippen molar-refractivity contribution < 1.29 is 4.79 Å². The van der Waals surface area contributed by atoms with Gasteiger partial charge in [-0.05, 0) is 39.8 Å². The lowest BCUT2D eigenvalue weighted by molar-refractivity contribution is -0.121. The molecule has 0 saturated heterocycles. The van der Waals surface area contributed by atoms with Crippen molar-refractivity contribution >= 4 is 5.91 Å². The molecule has 2 N–H and O–H groups in total. The summed E-state index contributed by atoms with van der Waals surface area (Å²) in [5.74, 6) is 0.0462. The molecule has 0 aromatic carbocycles. The van der Waals surface area contributed by atoms with Crippen molar-refractivity contribution in [3.8, 4) is 0 Å². The fraction of sp³-hybridized carbons (Fsp3) is 0.571. The van der Waals surface area contributed by atoms with Crippen molar-refractivity contribution in [3.05, 3.63) is 30.1 Å². The minimum absolute atomic E-state index is 0.0462. The maximum Gasteiger partial charge on any atom is 0.221 e. The van der Waals surface area contributed by atoms with Gasteiger partial charge in [-0.3, -0.25) is 9.78 Å². The third kappa shape index (κ3) is 5.77. The van der Waals surface area contributed by atoms with Crippen molar-refractivity contribution in [2.75, 3.05) is 6.54 Å². The minimum Gasteiger partial charge on any atom is -0.348 e. The molecule has 1 heterocycles. The number of carbonyl (C=O) groups is 1. The summed E-state index contributed by atoms with van der Waals surface area (Å²) in [5.41, 5.74) is 0.932. The lowest BCUT2D eigenvalue weighted by Crippen LogP contribution is -2.38. The van der Waals surface area contributed by atoms with Gasteiger partial charge < -0.3 is 10.6 Å². The van der Waals surface area contributed by atoms with Crippen LogP contribution in [0, 0.1) is 0 Å². The second-order valence-electron chi connectivity index (χ2n) is 5.47. The Morgan fingerprint density at radius 2 is 2.11 bits per heavy atom. The standard InChI is InChI=1S/C14H23N3O/c1-11(12-7-5-6-9-15-12)17-13(18)8-10-16-14(2,3)4/h5-7,9,11,16H,8,10H2,1-4H3,(H,17,18). The highest BCUT2D eigenvalue weighted by atomic mass is 16.1. The van der Waals surface area contributed by atoms with E-state index in [0.29, 0.717) is 13.0 Å². The van der Waals surface area contributed by atoms with Gasteiger partial charge in [0.15, 0.2) is 0 Å². The molecule has 1 aromatic heterocycles. The largest absolute Gasteiger partial charge is 0.348 e. The molecule has 0 spiro atoms. The van der Waals surface area contributed by atoms with Crippen LogP contribution in [-0.4, -0.2) is 23.0 Å². The predicted molar refractivity (Wildman–Crippen MR) is 73.2 cm³/mol. The monoisotopic (exact) mass is 249 g/mol. The zero-order chi connectivity index (χ0) is 13.6. The number of hydrogen-bond donors (Lipinski definition) is 2. The van der Waals surface area contributed by atoms with Gasteiger partial charge in [0, 0.05) is 24.7 Å². The fourth-order valence-electron chi connectivity index (χ4n) is 1.57. The topological polar surface area (TPSA) is 54.0 Å². The van der Waals surface area contributed by atoms with Crippen LogP contribution in [0.25, 0.3) is 0 Å². The summed E-state index contributed by atoms with van der Waals surface area (Å²) >= 11 is 0. The molecule has 4 heteroatoms. The van der Waals surface area contributed by atoms with E-state index in [-0.39, 0.29) is 17.5 Å². The summed E-state index contributed by atoms with van der Waals surface area (Å²) in [7, 11) is 0. The molecule has 1 rings (SSSR count). The van der Waals surface area contributed by atoms with Gasteiger partial charge in [0.2, 0.25) is 5.91 Å². The van der Waals surface area contributed by atoms with E-state index in [1.165, 1.54) is 0 Å². The number of nitrogens with one attached hydrogen (secondary N) is 2. The Balaban J connectivity index is 2.32. The second kappa shape index (κ2) is 6.50. The highest BCUT2D eigenvalue weighted by molar-refractivity contribution is 5.76. The molecule has 0 aliphatic carbocycles. The van der Waals surface area contributed by atoms with E-state index in [2.05, 4.69) is 36.4 Å². The highest BCUT2D eigenvalue weighted by Crippen LogP contribution is 2.07. The minimum atomic E-state index is -0.0478. The first-order valence-electron chi connectivity index (χ1n) is 6.34. The lowest BCUT2D eigenvalue weighted by atomic mass is 10.1. The van der Waals surface area contributed by atoms with E-state index in [0.717, 1.165) is 5.69 Å². The van der Waals surface area contributed by atoms with Crippen LogP contribution in [0.1, 0.15) is 45.9 Å². The Hall–Kier alpha value is -1.42. The molecule has 1 amide bonds. The number of nitrogens with zero attached hydrogens (tertiary/aromatic N) is 1. The number of carbonyl (C=O) groups excluding carboxylic acids is 1. The Morgan fingerprint density at radius 3 is 2.67 bits per heavy atom. The summed E-state index contributed by atoms with van der Waals surface area (Å²) in [6.07, 6.45) is 2.22. The molecule has 0 radical (unpaired) electrons. The van der Waals surface area contributed by atoms with E-state index in [1.54, 1.807) is 6.20 Å². The van der Waals surface area contributed by atoms with E-state index < -0.39 is 0 Å². The molecule has 4 nitrogen and oxygen atoms in total. The van der Waals surface area contributed by atoms with Crippen LogP contribution < -0.4 is 10.6 Å². The second-order valence-corrected chi connectivity index (χ2v) is 5.47. The van der Waals surface area contributed by atoms with Crippen LogP contribution in [0.3, 0.4) is 0 Å². The Kier molecular flexibility index (Phi) is 5.28. The highest BCUT2D eigenvalue weighted by Gasteiger charge is 2.12. The molecule has 1 aromatic rings. The maximum absolute atomic E-state index is 11.7. The van der Waals surface area contributed by atoms with Gasteiger partial charge in [0.1, 0.15) is 0 Å². The molecule has 0 aliphatic heterocycles. The first-order chi connectivity index (χ1) is 8.38. The third-order valence-electron chi connectivity index (χ3n) is 2.52. The number of hydrogen-bond acceptors (Lipinski definition) is 3. The first-order valence-corrected chi connectivity index (χ1v) is 6.34. The van der Waals surface area contributed by atoms with Gasteiger partial charge in [-0.15, -0.1) is 0 Å². The Labute approximate surface area is 109 Å². The normalized spacial score (nSPS) is 13.1. The molecule has 1 atom stereocenters. The molecule has 0 fully saturated rings. The molecular weight excluding hydrogens is 226 g/mol. The van der Waals surface area contributed by atoms with Crippen molar-refractivity contribution in [1.82, 2.24) is 15.6 Å². The van der Waals surface area contributed by atoms with Gasteiger partial charge >= 0.3 is 0 Å². The van der Waals surface area contributed by atoms with Crippen molar-refractivity contribution in [2.45, 2.75) is 45.7 Å². The maximum atomic E-state index is 11.7. The number of rotatable bonds is 5. The van der Waals surface area contributed by atoms with Crippen LogP contribution >= 0.6 is 0 Å². The van der Waals surface area contributed by atoms with Crippen LogP contribution in [0.2, 0.25) is 0 Å². The number of pyridine rings is 1. The van der Waals surface area contributed by atoms with Gasteiger partial charge in [0.25, 0.3) is 0 Å². The van der Waals surface area contributed by atoms with Crippen LogP contribution in [0.4, 0.5) is 0 Å². The molecule has 18 heavy (non-hydrogen) atoms. The molecule has 1 unspecified atom stereocenters. The Morgan fingerprint density at radius 1 is 1.39 bits per heavy atom. The van der Waals surface area contributed by atoms with Crippen LogP contribution in [0.5, 0.6) is 0 Å². The van der Waals surface area contributed by atoms with Crippen molar-refractivity contribution in [2.24, 2.45) is 0 Å². The fourth-order valence-corrected chi connectivity index (χ4v) is 1.57. The zero-order valence-corrected chi connectivity index (χ0v) is 11.7. The van der Waals surface area contributed by atoms with Crippen molar-refractivity contribution in [3.63, 3.8) is 0 Å². The zero-order valence-electron chi connectivity index (χ0n) is 11.7. The molecule has 100 valence electrons. The summed E-state index contributed by atoms with van der Waals surface area (Å²) < 4.78 is 0. The SMILES string of the molecule is CC(NC(=O)CCNC(C)(C)C)c1ccccn1. The van der Waals surface area contributed by atoms with Crippen LogP contribution in [0.15, 0.2) is 24.4 Å². The van der Waals surface area contributed by atoms with Crippen LogP contribution in [-0.2, 0) is 4.79 Å². The average molecular weight is 249 g/mol. The van der Waals surface area contributed by atoms with Gasteiger partial charge in [-0.1, -0.05) is 6.07 Å². The predicted octanol–water partition coefficient (Wildman–Crippen LogP) is 2.04. The molecule has 0 bridgehead atoms. The quantitative estimate of drug-likeness (QED) is 0.839.